The maximum Gasteiger partial charge on any atom is 0.117 e. The van der Waals surface area contributed by atoms with Gasteiger partial charge in [-0.2, -0.15) is 0 Å². The van der Waals surface area contributed by atoms with E-state index < -0.39 is 0 Å². The molecule has 0 aliphatic rings. The predicted octanol–water partition coefficient (Wildman–Crippen LogP) is -14.3. The van der Waals surface area contributed by atoms with Crippen molar-refractivity contribution >= 4 is 395 Å². The van der Waals surface area contributed by atoms with Crippen LogP contribution in [0.5, 0.6) is 0 Å². The second-order valence-electron chi connectivity index (χ2n) is 19.9. The van der Waals surface area contributed by atoms with E-state index >= 15 is 0 Å². The van der Waals surface area contributed by atoms with E-state index in [0.29, 0.717) is 33.1 Å². The fraction of sp³-hybridized carbons (Fsp3) is 0. The second-order valence-corrected chi connectivity index (χ2v) is 19.9. The Morgan fingerprint density at radius 2 is 0.388 bits per heavy atom. The summed E-state index contributed by atoms with van der Waals surface area (Å²) in [4.78, 5) is 0. The van der Waals surface area contributed by atoms with E-state index in [0.717, 1.165) is 21.5 Å². The molecule has 0 saturated heterocycles. The molecule has 308 valence electrons. The van der Waals surface area contributed by atoms with Gasteiger partial charge in [-0.3, -0.25) is 0 Å². The molecule has 0 spiro atoms. The Kier molecular flexibility index (Phi) is 12.9. The topological polar surface area (TPSA) is 9.86 Å². The molecule has 12 rings (SSSR count). The van der Waals surface area contributed by atoms with Crippen molar-refractivity contribution in [3.05, 3.63) is 60.7 Å². The molecule has 0 fully saturated rings. The molecule has 2 heterocycles. The molecule has 48 radical (unpaired) electrons. The Morgan fingerprint density at radius 1 is 0.175 bits per heavy atom. The third-order valence-corrected chi connectivity index (χ3v) is 16.1. The number of para-hydroxylation sites is 2. The summed E-state index contributed by atoms with van der Waals surface area (Å²) in [6, 6.07) is 19.2. The van der Waals surface area contributed by atoms with E-state index in [9.17, 15) is 0 Å². The van der Waals surface area contributed by atoms with Gasteiger partial charge in [0.2, 0.25) is 0 Å². The zero-order chi connectivity index (χ0) is 57.6. The lowest BCUT2D eigenvalue weighted by Gasteiger charge is -2.31. The van der Waals surface area contributed by atoms with Gasteiger partial charge >= 0.3 is 0 Å². The first-order valence-electron chi connectivity index (χ1n) is 24.3. The van der Waals surface area contributed by atoms with Gasteiger partial charge in [0.1, 0.15) is 188 Å². The highest BCUT2D eigenvalue weighted by Crippen LogP contribution is 2.42. The van der Waals surface area contributed by atoms with Crippen LogP contribution in [0.3, 0.4) is 0 Å². The quantitative estimate of drug-likeness (QED) is 0.123. The standard InChI is InChI=1S/C54H10B24N2/c55-29-19-20-22(32(58)46(72)44(70)30(20)56)24-23(21(19)31(57)45(71)43(29)69)33(59)50(76)53(42(24)68)79-13-7-3-1-5-11(13)17-15(79)9-10-16-18(17)12-6-2-4-8-14(12)80(16)54-51(77)40(66)28(41(67)52(54)78)26-36(62)34(60)25(35(61)37(26)63)27-38(64)47(73)49(75)48(74)39(27)65/h1-10H. The first-order valence-corrected chi connectivity index (χ1v) is 24.3. The smallest absolute Gasteiger partial charge is 0.117 e. The van der Waals surface area contributed by atoms with Crippen molar-refractivity contribution in [2.24, 2.45) is 0 Å². The van der Waals surface area contributed by atoms with Gasteiger partial charge in [0.25, 0.3) is 0 Å². The maximum absolute atomic E-state index is 7.52. The molecule has 0 saturated carbocycles. The van der Waals surface area contributed by atoms with Crippen LogP contribution in [0.1, 0.15) is 0 Å². The molecule has 0 aliphatic heterocycles. The maximum atomic E-state index is 7.52. The number of benzene rings is 10. The van der Waals surface area contributed by atoms with Gasteiger partial charge in [-0.05, 0) is 78.8 Å². The highest BCUT2D eigenvalue weighted by molar-refractivity contribution is 6.76. The Morgan fingerprint density at radius 3 is 0.713 bits per heavy atom. The Bertz CT molecular complexity index is 4810. The number of aromatic nitrogens is 2. The SMILES string of the molecule is [B]c1c([B])c([B])c(-c2c([B])c([B])c(-c3c([B])c([B])c(-n4c5ccccc5c5c6c7ccccc7n(-c7c([B])c([B])c8c9c([B])c([B])c([B])c([B])c9c9c([B])c([B])c([B])c([B])c9c8c7[B])c6ccc54)c([B])c3[B])c([B])c2[B])c([B])c1[B]. The average molecular weight is 946 g/mol. The monoisotopic (exact) mass is 950 g/mol. The molecule has 0 atom stereocenters. The Hall–Kier alpha value is -5.86. The first-order chi connectivity index (χ1) is 37.8. The zero-order valence-corrected chi connectivity index (χ0v) is 42.5. The van der Waals surface area contributed by atoms with E-state index in [2.05, 4.69) is 0 Å². The second kappa shape index (κ2) is 18.8. The summed E-state index contributed by atoms with van der Waals surface area (Å²) in [6.45, 7) is 0. The molecule has 0 bridgehead atoms. The van der Waals surface area contributed by atoms with E-state index in [1.54, 1.807) is 0 Å². The molecule has 0 N–H and O–H groups in total. The molecule has 12 aromatic rings. The average Bonchev–Trinajstić information content (AvgIpc) is 4.10. The lowest BCUT2D eigenvalue weighted by molar-refractivity contribution is 1.20. The van der Waals surface area contributed by atoms with Crippen molar-refractivity contribution in [1.29, 1.82) is 0 Å². The molecule has 0 amide bonds. The van der Waals surface area contributed by atoms with Gasteiger partial charge in [-0.25, -0.2) is 0 Å². The van der Waals surface area contributed by atoms with Gasteiger partial charge in [-0.1, -0.05) is 129 Å². The minimum Gasteiger partial charge on any atom is -0.310 e. The van der Waals surface area contributed by atoms with E-state index in [-0.39, 0.29) is 186 Å². The van der Waals surface area contributed by atoms with Crippen molar-refractivity contribution < 1.29 is 0 Å². The summed E-state index contributed by atoms with van der Waals surface area (Å²) >= 11 is 0. The fourth-order valence-electron chi connectivity index (χ4n) is 12.1. The number of nitrogens with zero attached hydrogens (tertiary/aromatic N) is 2. The summed E-state index contributed by atoms with van der Waals surface area (Å²) < 4.78 is 3.80. The largest absolute Gasteiger partial charge is 0.310 e. The highest BCUT2D eigenvalue weighted by atomic mass is 15.0. The van der Waals surface area contributed by atoms with Crippen LogP contribution >= 0.6 is 0 Å². The van der Waals surface area contributed by atoms with Crippen molar-refractivity contribution in [3.8, 4) is 33.6 Å². The van der Waals surface area contributed by atoms with Gasteiger partial charge in [0.05, 0.1) is 22.1 Å². The number of hydrogen-bond acceptors (Lipinski definition) is 0. The van der Waals surface area contributed by atoms with E-state index in [1.165, 1.54) is 0 Å². The first kappa shape index (κ1) is 54.7. The van der Waals surface area contributed by atoms with Crippen LogP contribution in [0.15, 0.2) is 60.7 Å². The van der Waals surface area contributed by atoms with Gasteiger partial charge < -0.3 is 9.13 Å². The minimum atomic E-state index is -0.110. The minimum absolute atomic E-state index is 0.00154. The van der Waals surface area contributed by atoms with E-state index in [1.807, 2.05) is 69.8 Å². The van der Waals surface area contributed by atoms with Crippen LogP contribution in [0, 0.1) is 0 Å². The molecule has 2 aromatic heterocycles. The molecule has 2 nitrogen and oxygen atoms in total. The van der Waals surface area contributed by atoms with Gasteiger partial charge in [0, 0.05) is 32.9 Å². The van der Waals surface area contributed by atoms with Crippen LogP contribution in [0.25, 0.3) is 110 Å². The van der Waals surface area contributed by atoms with Gasteiger partial charge in [-0.15, -0.1) is 38.2 Å². The third kappa shape index (κ3) is 6.95. The molecular formula is C54H10B24N2. The zero-order valence-electron chi connectivity index (χ0n) is 42.5. The van der Waals surface area contributed by atoms with Crippen molar-refractivity contribution in [2.75, 3.05) is 0 Å². The predicted molar refractivity (Wildman–Crippen MR) is 368 cm³/mol. The van der Waals surface area contributed by atoms with Crippen molar-refractivity contribution in [2.45, 2.75) is 0 Å². The lowest BCUT2D eigenvalue weighted by Crippen LogP contribution is -2.57. The highest BCUT2D eigenvalue weighted by Gasteiger charge is 2.29. The molecule has 0 aliphatic carbocycles. The number of fused-ring (bicyclic) bond motifs is 13. The molecule has 26 heteroatoms. The fourth-order valence-corrected chi connectivity index (χ4v) is 12.1. The van der Waals surface area contributed by atoms with Crippen LogP contribution in [0.4, 0.5) is 0 Å². The summed E-state index contributed by atoms with van der Waals surface area (Å²) in [5, 5.41) is 4.78. The Balaban J connectivity index is 1.16. The van der Waals surface area contributed by atoms with Crippen LogP contribution in [0.2, 0.25) is 0 Å². The van der Waals surface area contributed by atoms with Crippen LogP contribution in [-0.2, 0) is 0 Å². The van der Waals surface area contributed by atoms with Crippen LogP contribution < -0.4 is 131 Å². The summed E-state index contributed by atoms with van der Waals surface area (Å²) in [6.07, 6.45) is 0. The lowest BCUT2D eigenvalue weighted by atomic mass is 9.55. The number of hydrogen-bond donors (Lipinski definition) is 0. The molecule has 10 aromatic carbocycles. The van der Waals surface area contributed by atoms with Crippen molar-refractivity contribution in [1.82, 2.24) is 9.13 Å². The van der Waals surface area contributed by atoms with Crippen molar-refractivity contribution in [3.63, 3.8) is 0 Å². The molecule has 0 unspecified atom stereocenters. The number of rotatable bonds is 4. The summed E-state index contributed by atoms with van der Waals surface area (Å²) in [5.74, 6) is 0. The molecular weight excluding hydrogens is 936 g/mol. The van der Waals surface area contributed by atoms with Crippen LogP contribution in [-0.4, -0.2) is 197 Å². The summed E-state index contributed by atoms with van der Waals surface area (Å²) in [5.41, 5.74) is 3.08. The normalized spacial score (nSPS) is 11.9. The Labute approximate surface area is 495 Å². The van der Waals surface area contributed by atoms with E-state index in [4.69, 9.17) is 188 Å². The van der Waals surface area contributed by atoms with Gasteiger partial charge in [0.15, 0.2) is 0 Å². The summed E-state index contributed by atoms with van der Waals surface area (Å²) in [7, 11) is 163. The molecule has 80 heavy (non-hydrogen) atoms. The third-order valence-electron chi connectivity index (χ3n) is 16.1.